The van der Waals surface area contributed by atoms with Crippen molar-refractivity contribution in [3.8, 4) is 0 Å². The van der Waals surface area contributed by atoms with Crippen LogP contribution >= 0.6 is 34.8 Å². The largest absolute Gasteiger partial charge is 0.452 e. The van der Waals surface area contributed by atoms with Gasteiger partial charge in [-0.15, -0.1) is 11.6 Å². The Kier molecular flexibility index (Phi) is 5.42. The lowest BCUT2D eigenvalue weighted by Gasteiger charge is -2.20. The van der Waals surface area contributed by atoms with Crippen LogP contribution in [0.5, 0.6) is 0 Å². The van der Waals surface area contributed by atoms with Crippen LogP contribution in [-0.4, -0.2) is 20.9 Å². The molecule has 1 unspecified atom stereocenters. The molecular weight excluding hydrogens is 443 g/mol. The molecule has 7 heteroatoms. The number of Topliss-reactive ketones (excluding diaryl/α,β-unsaturated/α-hetero) is 1. The average molecular weight is 464 g/mol. The van der Waals surface area contributed by atoms with E-state index in [1.165, 1.54) is 19.3 Å². The average Bonchev–Trinajstić information content (AvgIpc) is 3.25. The van der Waals surface area contributed by atoms with Gasteiger partial charge in [0.15, 0.2) is 17.1 Å². The number of carbonyl (C=O) groups is 1. The van der Waals surface area contributed by atoms with E-state index in [0.717, 1.165) is 23.7 Å². The smallest absolute Gasteiger partial charge is 0.187 e. The summed E-state index contributed by atoms with van der Waals surface area (Å²) < 4.78 is 7.83. The fraction of sp³-hybridized carbons (Fsp3) is 0.391. The van der Waals surface area contributed by atoms with Gasteiger partial charge in [-0.25, -0.2) is 4.68 Å². The maximum Gasteiger partial charge on any atom is 0.187 e. The molecule has 4 nitrogen and oxygen atoms in total. The predicted molar refractivity (Wildman–Crippen MR) is 123 cm³/mol. The number of hydrogen-bond acceptors (Lipinski definition) is 3. The molecule has 0 spiro atoms. The highest BCUT2D eigenvalue weighted by atomic mass is 35.5. The second-order valence-electron chi connectivity index (χ2n) is 8.17. The molecule has 0 amide bonds. The molecule has 1 saturated carbocycles. The number of nitrogens with zero attached hydrogens (tertiary/aromatic N) is 2. The normalized spacial score (nSPS) is 20.6. The monoisotopic (exact) mass is 462 g/mol. The van der Waals surface area contributed by atoms with Crippen LogP contribution in [0.2, 0.25) is 5.02 Å². The number of halogens is 3. The van der Waals surface area contributed by atoms with Crippen LogP contribution in [0.25, 0.3) is 27.8 Å². The molecule has 156 valence electrons. The van der Waals surface area contributed by atoms with E-state index >= 15 is 0 Å². The van der Waals surface area contributed by atoms with Gasteiger partial charge >= 0.3 is 0 Å². The molecular formula is C23H21Cl3N2O2. The zero-order chi connectivity index (χ0) is 20.8. The Labute approximate surface area is 189 Å². The summed E-state index contributed by atoms with van der Waals surface area (Å²) >= 11 is 18.9. The van der Waals surface area contributed by atoms with E-state index in [-0.39, 0.29) is 11.2 Å². The molecule has 2 aliphatic carbocycles. The van der Waals surface area contributed by atoms with Gasteiger partial charge in [0.25, 0.3) is 0 Å². The molecule has 2 heterocycles. The number of carbonyl (C=O) groups excluding carboxylic acids is 1. The van der Waals surface area contributed by atoms with Crippen LogP contribution in [0.1, 0.15) is 55.4 Å². The van der Waals surface area contributed by atoms with Gasteiger partial charge in [0.2, 0.25) is 0 Å². The number of hydrogen-bond donors (Lipinski definition) is 0. The molecule has 0 radical (unpaired) electrons. The van der Waals surface area contributed by atoms with Crippen molar-refractivity contribution in [3.05, 3.63) is 46.1 Å². The number of fused-ring (bicyclic) bond motifs is 3. The Morgan fingerprint density at radius 2 is 2.00 bits per heavy atom. The van der Waals surface area contributed by atoms with E-state index < -0.39 is 0 Å². The zero-order valence-corrected chi connectivity index (χ0v) is 18.6. The summed E-state index contributed by atoms with van der Waals surface area (Å²) in [5.74, 6) is 0.433. The maximum absolute atomic E-state index is 13.3. The van der Waals surface area contributed by atoms with Crippen molar-refractivity contribution in [1.82, 2.24) is 9.78 Å². The molecule has 30 heavy (non-hydrogen) atoms. The summed E-state index contributed by atoms with van der Waals surface area (Å²) in [5, 5.41) is 6.47. The summed E-state index contributed by atoms with van der Waals surface area (Å²) in [6, 6.07) is 5.46. The summed E-state index contributed by atoms with van der Waals surface area (Å²) in [6.45, 7) is 0. The minimum absolute atomic E-state index is 0.0162. The molecule has 0 saturated heterocycles. The molecule has 1 aromatic carbocycles. The first-order valence-electron chi connectivity index (χ1n) is 10.4. The van der Waals surface area contributed by atoms with E-state index in [2.05, 4.69) is 0 Å². The van der Waals surface area contributed by atoms with Crippen LogP contribution in [0.3, 0.4) is 0 Å². The minimum Gasteiger partial charge on any atom is -0.452 e. The Bertz CT molecular complexity index is 1200. The van der Waals surface area contributed by atoms with Crippen molar-refractivity contribution in [3.63, 3.8) is 0 Å². The third-order valence-corrected chi connectivity index (χ3v) is 6.91. The van der Waals surface area contributed by atoms with Crippen molar-refractivity contribution in [2.24, 2.45) is 5.92 Å². The van der Waals surface area contributed by atoms with Crippen LogP contribution in [0.4, 0.5) is 0 Å². The Hall–Kier alpha value is -1.75. The fourth-order valence-electron chi connectivity index (χ4n) is 4.55. The van der Waals surface area contributed by atoms with Gasteiger partial charge in [0.1, 0.15) is 11.1 Å². The van der Waals surface area contributed by atoms with E-state index in [1.807, 2.05) is 12.1 Å². The van der Waals surface area contributed by atoms with E-state index in [1.54, 1.807) is 22.9 Å². The highest BCUT2D eigenvalue weighted by molar-refractivity contribution is 6.37. The van der Waals surface area contributed by atoms with Crippen molar-refractivity contribution >= 4 is 68.4 Å². The lowest BCUT2D eigenvalue weighted by atomic mass is 9.85. The molecule has 0 N–H and O–H groups in total. The van der Waals surface area contributed by atoms with E-state index in [9.17, 15) is 4.79 Å². The molecule has 2 aromatic heterocycles. The minimum atomic E-state index is -0.153. The first-order valence-corrected chi connectivity index (χ1v) is 11.6. The van der Waals surface area contributed by atoms with Crippen molar-refractivity contribution in [2.75, 3.05) is 0 Å². The van der Waals surface area contributed by atoms with Gasteiger partial charge in [-0.2, -0.15) is 5.10 Å². The molecule has 5 rings (SSSR count). The van der Waals surface area contributed by atoms with Crippen molar-refractivity contribution in [2.45, 2.75) is 50.3 Å². The first kappa shape index (κ1) is 20.2. The molecule has 3 aromatic rings. The Morgan fingerprint density at radius 3 is 2.77 bits per heavy atom. The SMILES string of the molecule is O=C(CC1CCCCC1)c1nn(C2=CCC(Cl)C=C2Cl)c2c1oc1cc(Cl)ccc12. The summed E-state index contributed by atoms with van der Waals surface area (Å²) in [4.78, 5) is 13.3. The van der Waals surface area contributed by atoms with E-state index in [0.29, 0.717) is 51.4 Å². The second-order valence-corrected chi connectivity index (χ2v) is 9.57. The van der Waals surface area contributed by atoms with Gasteiger partial charge in [0.05, 0.1) is 16.1 Å². The third kappa shape index (κ3) is 3.59. The van der Waals surface area contributed by atoms with Gasteiger partial charge in [-0.1, -0.05) is 61.4 Å². The van der Waals surface area contributed by atoms with Gasteiger partial charge in [-0.3, -0.25) is 4.79 Å². The highest BCUT2D eigenvalue weighted by Gasteiger charge is 2.28. The molecule has 0 aliphatic heterocycles. The summed E-state index contributed by atoms with van der Waals surface area (Å²) in [7, 11) is 0. The second kappa shape index (κ2) is 8.07. The predicted octanol–water partition coefficient (Wildman–Crippen LogP) is 7.56. The van der Waals surface area contributed by atoms with Gasteiger partial charge < -0.3 is 4.42 Å². The van der Waals surface area contributed by atoms with Crippen molar-refractivity contribution in [1.29, 1.82) is 0 Å². The highest BCUT2D eigenvalue weighted by Crippen LogP contribution is 2.38. The van der Waals surface area contributed by atoms with Crippen LogP contribution in [0, 0.1) is 5.92 Å². The molecule has 2 aliphatic rings. The van der Waals surface area contributed by atoms with E-state index in [4.69, 9.17) is 44.3 Å². The lowest BCUT2D eigenvalue weighted by molar-refractivity contribution is 0.0945. The maximum atomic E-state index is 13.3. The van der Waals surface area contributed by atoms with Gasteiger partial charge in [-0.05, 0) is 30.5 Å². The van der Waals surface area contributed by atoms with Gasteiger partial charge in [0, 0.05) is 22.9 Å². The molecule has 1 fully saturated rings. The Balaban J connectivity index is 1.65. The number of benzene rings is 1. The standard InChI is InChI=1S/C23H21Cl3N2O2/c24-14-7-9-18(17(26)11-14)28-22-16-8-6-15(25)12-20(16)30-23(22)21(27-28)19(29)10-13-4-2-1-3-5-13/h6,8-9,11-14H,1-5,7,10H2. The number of alkyl halides is 1. The quantitative estimate of drug-likeness (QED) is 0.296. The number of allylic oxidation sites excluding steroid dienone is 4. The first-order chi connectivity index (χ1) is 14.5. The summed E-state index contributed by atoms with van der Waals surface area (Å²) in [6.07, 6.45) is 10.7. The number of aromatic nitrogens is 2. The van der Waals surface area contributed by atoms with Crippen molar-refractivity contribution < 1.29 is 9.21 Å². The topological polar surface area (TPSA) is 48.0 Å². The number of ketones is 1. The van der Waals surface area contributed by atoms with Crippen LogP contribution < -0.4 is 0 Å². The van der Waals surface area contributed by atoms with Crippen LogP contribution in [-0.2, 0) is 0 Å². The Morgan fingerprint density at radius 1 is 1.20 bits per heavy atom. The molecule has 1 atom stereocenters. The third-order valence-electron chi connectivity index (χ3n) is 6.05. The summed E-state index contributed by atoms with van der Waals surface area (Å²) in [5.41, 5.74) is 2.93. The number of furan rings is 1. The fourth-order valence-corrected chi connectivity index (χ4v) is 5.30. The van der Waals surface area contributed by atoms with Crippen LogP contribution in [0.15, 0.2) is 39.8 Å². The zero-order valence-electron chi connectivity index (χ0n) is 16.3. The lowest BCUT2D eigenvalue weighted by Crippen LogP contribution is -2.13. The number of rotatable bonds is 4. The molecule has 0 bridgehead atoms.